The number of anilines is 1. The Labute approximate surface area is 116 Å². The molecule has 0 aliphatic carbocycles. The summed E-state index contributed by atoms with van der Waals surface area (Å²) in [5.74, 6) is -1.96. The van der Waals surface area contributed by atoms with E-state index in [1.165, 1.54) is 4.90 Å². The van der Waals surface area contributed by atoms with Crippen LogP contribution in [0, 0.1) is 0 Å². The first-order valence-electron chi connectivity index (χ1n) is 6.04. The quantitative estimate of drug-likeness (QED) is 0.614. The molecule has 0 aliphatic heterocycles. The van der Waals surface area contributed by atoms with Crippen LogP contribution in [0.25, 0.3) is 0 Å². The molecule has 0 saturated carbocycles. The van der Waals surface area contributed by atoms with Crippen molar-refractivity contribution in [3.63, 3.8) is 0 Å². The Bertz CT molecular complexity index is 460. The molecule has 4 N–H and O–H groups in total. The van der Waals surface area contributed by atoms with Gasteiger partial charge in [0, 0.05) is 18.7 Å². The van der Waals surface area contributed by atoms with Crippen LogP contribution in [0.15, 0.2) is 30.3 Å². The normalized spacial score (nSPS) is 10.2. The minimum atomic E-state index is -1.07. The highest BCUT2D eigenvalue weighted by molar-refractivity contribution is 5.90. The van der Waals surface area contributed by atoms with Gasteiger partial charge in [-0.2, -0.15) is 0 Å². The molecule has 0 bridgehead atoms. The number of hydrogen-bond acceptors (Lipinski definition) is 4. The van der Waals surface area contributed by atoms with Gasteiger partial charge in [-0.3, -0.25) is 19.3 Å². The molecule has 20 heavy (non-hydrogen) atoms. The summed E-state index contributed by atoms with van der Waals surface area (Å²) in [6.07, 6.45) is 0.0788. The number of para-hydroxylation sites is 1. The van der Waals surface area contributed by atoms with Crippen molar-refractivity contribution in [2.45, 2.75) is 6.42 Å². The van der Waals surface area contributed by atoms with Crippen LogP contribution < -0.4 is 11.1 Å². The van der Waals surface area contributed by atoms with Crippen molar-refractivity contribution in [2.24, 2.45) is 5.73 Å². The Morgan fingerprint density at radius 1 is 1.15 bits per heavy atom. The van der Waals surface area contributed by atoms with E-state index >= 15 is 0 Å². The lowest BCUT2D eigenvalue weighted by Crippen LogP contribution is -2.39. The molecule has 0 radical (unpaired) electrons. The van der Waals surface area contributed by atoms with Crippen LogP contribution in [0.5, 0.6) is 0 Å². The maximum Gasteiger partial charge on any atom is 0.317 e. The van der Waals surface area contributed by atoms with E-state index < -0.39 is 11.9 Å². The Balaban J connectivity index is 2.43. The van der Waals surface area contributed by atoms with Gasteiger partial charge in [0.2, 0.25) is 11.8 Å². The first-order valence-corrected chi connectivity index (χ1v) is 6.04. The molecule has 1 aromatic carbocycles. The van der Waals surface area contributed by atoms with Crippen LogP contribution in [0.4, 0.5) is 5.69 Å². The van der Waals surface area contributed by atoms with Crippen LogP contribution in [0.2, 0.25) is 0 Å². The molecule has 1 rings (SSSR count). The topological polar surface area (TPSA) is 113 Å². The van der Waals surface area contributed by atoms with Gasteiger partial charge in [-0.15, -0.1) is 0 Å². The summed E-state index contributed by atoms with van der Waals surface area (Å²) < 4.78 is 0. The molecule has 108 valence electrons. The van der Waals surface area contributed by atoms with Crippen molar-refractivity contribution < 1.29 is 19.5 Å². The molecule has 2 amide bonds. The summed E-state index contributed by atoms with van der Waals surface area (Å²) in [6.45, 7) is -0.375. The number of carbonyl (C=O) groups is 3. The molecule has 0 aliphatic rings. The van der Waals surface area contributed by atoms with E-state index in [0.29, 0.717) is 5.69 Å². The van der Waals surface area contributed by atoms with E-state index in [0.717, 1.165) is 0 Å². The molecule has 7 heteroatoms. The molecule has 7 nitrogen and oxygen atoms in total. The Kier molecular flexibility index (Phi) is 6.18. The van der Waals surface area contributed by atoms with E-state index in [4.69, 9.17) is 10.8 Å². The highest BCUT2D eigenvalue weighted by Gasteiger charge is 2.13. The van der Waals surface area contributed by atoms with Crippen molar-refractivity contribution >= 4 is 23.5 Å². The van der Waals surface area contributed by atoms with Crippen LogP contribution in [0.1, 0.15) is 6.42 Å². The minimum Gasteiger partial charge on any atom is -0.480 e. The number of nitrogens with two attached hydrogens (primary N) is 1. The largest absolute Gasteiger partial charge is 0.480 e. The van der Waals surface area contributed by atoms with Crippen LogP contribution in [-0.2, 0) is 14.4 Å². The maximum atomic E-state index is 11.7. The molecule has 0 atom stereocenters. The number of rotatable bonds is 8. The van der Waals surface area contributed by atoms with Gasteiger partial charge < -0.3 is 16.2 Å². The summed E-state index contributed by atoms with van der Waals surface area (Å²) in [6, 6.07) is 8.91. The van der Waals surface area contributed by atoms with Crippen molar-refractivity contribution in [1.29, 1.82) is 0 Å². The van der Waals surface area contributed by atoms with E-state index in [9.17, 15) is 14.4 Å². The fourth-order valence-corrected chi connectivity index (χ4v) is 1.63. The zero-order chi connectivity index (χ0) is 15.0. The average molecular weight is 279 g/mol. The fourth-order valence-electron chi connectivity index (χ4n) is 1.63. The Morgan fingerprint density at radius 3 is 2.35 bits per heavy atom. The van der Waals surface area contributed by atoms with E-state index in [-0.39, 0.29) is 32.0 Å². The molecule has 0 fully saturated rings. The lowest BCUT2D eigenvalue weighted by molar-refractivity contribution is -0.139. The Morgan fingerprint density at radius 2 is 1.80 bits per heavy atom. The first-order chi connectivity index (χ1) is 9.47. The first kappa shape index (κ1) is 15.6. The average Bonchev–Trinajstić information content (AvgIpc) is 2.36. The highest BCUT2D eigenvalue weighted by atomic mass is 16.4. The number of primary amides is 1. The van der Waals surface area contributed by atoms with Gasteiger partial charge in [0.15, 0.2) is 0 Å². The zero-order valence-corrected chi connectivity index (χ0v) is 10.9. The predicted molar refractivity (Wildman–Crippen MR) is 73.0 cm³/mol. The van der Waals surface area contributed by atoms with Gasteiger partial charge in [-0.05, 0) is 12.1 Å². The van der Waals surface area contributed by atoms with Crippen LogP contribution >= 0.6 is 0 Å². The Hall–Kier alpha value is -2.41. The molecule has 1 aromatic rings. The standard InChI is InChI=1S/C13H17N3O4/c14-11(17)8-16(9-13(19)20)7-6-12(18)15-10-4-2-1-3-5-10/h1-5H,6-9H2,(H2,14,17)(H,15,18)(H,19,20). The third kappa shape index (κ3) is 6.50. The third-order valence-electron chi connectivity index (χ3n) is 2.45. The molecule has 0 heterocycles. The van der Waals surface area contributed by atoms with Gasteiger partial charge in [-0.25, -0.2) is 0 Å². The third-order valence-corrected chi connectivity index (χ3v) is 2.45. The number of aliphatic carboxylic acids is 1. The maximum absolute atomic E-state index is 11.7. The number of nitrogens with zero attached hydrogens (tertiary/aromatic N) is 1. The second-order valence-electron chi connectivity index (χ2n) is 4.23. The number of hydrogen-bond donors (Lipinski definition) is 3. The number of carboxylic acids is 1. The summed E-state index contributed by atoms with van der Waals surface area (Å²) in [5, 5.41) is 11.4. The van der Waals surface area contributed by atoms with Crippen molar-refractivity contribution in [2.75, 3.05) is 25.0 Å². The smallest absolute Gasteiger partial charge is 0.317 e. The number of carbonyl (C=O) groups excluding carboxylic acids is 2. The number of amides is 2. The summed E-state index contributed by atoms with van der Waals surface area (Å²) in [5.41, 5.74) is 5.69. The predicted octanol–water partition coefficient (Wildman–Crippen LogP) is -0.113. The second kappa shape index (κ2) is 7.90. The monoisotopic (exact) mass is 279 g/mol. The molecule has 0 spiro atoms. The summed E-state index contributed by atoms with van der Waals surface area (Å²) in [7, 11) is 0. The van der Waals surface area contributed by atoms with Gasteiger partial charge in [-0.1, -0.05) is 18.2 Å². The molecular formula is C13H17N3O4. The zero-order valence-electron chi connectivity index (χ0n) is 10.9. The number of nitrogens with one attached hydrogen (secondary N) is 1. The SMILES string of the molecule is NC(=O)CN(CCC(=O)Nc1ccccc1)CC(=O)O. The van der Waals surface area contributed by atoms with E-state index in [2.05, 4.69) is 5.32 Å². The van der Waals surface area contributed by atoms with E-state index in [1.54, 1.807) is 24.3 Å². The minimum absolute atomic E-state index is 0.0788. The molecular weight excluding hydrogens is 262 g/mol. The van der Waals surface area contributed by atoms with Crippen molar-refractivity contribution in [3.05, 3.63) is 30.3 Å². The number of benzene rings is 1. The van der Waals surface area contributed by atoms with Crippen LogP contribution in [0.3, 0.4) is 0 Å². The van der Waals surface area contributed by atoms with Gasteiger partial charge in [0.05, 0.1) is 13.1 Å². The second-order valence-corrected chi connectivity index (χ2v) is 4.23. The van der Waals surface area contributed by atoms with Gasteiger partial charge >= 0.3 is 5.97 Å². The van der Waals surface area contributed by atoms with Gasteiger partial charge in [0.25, 0.3) is 0 Å². The van der Waals surface area contributed by atoms with Crippen molar-refractivity contribution in [3.8, 4) is 0 Å². The van der Waals surface area contributed by atoms with Gasteiger partial charge in [0.1, 0.15) is 0 Å². The molecule has 0 unspecified atom stereocenters. The lowest BCUT2D eigenvalue weighted by atomic mass is 10.3. The molecule has 0 aromatic heterocycles. The lowest BCUT2D eigenvalue weighted by Gasteiger charge is -2.17. The highest BCUT2D eigenvalue weighted by Crippen LogP contribution is 2.05. The fraction of sp³-hybridized carbons (Fsp3) is 0.308. The van der Waals surface area contributed by atoms with Crippen molar-refractivity contribution in [1.82, 2.24) is 4.90 Å². The summed E-state index contributed by atoms with van der Waals surface area (Å²) >= 11 is 0. The molecule has 0 saturated heterocycles. The van der Waals surface area contributed by atoms with E-state index in [1.807, 2.05) is 6.07 Å². The number of carboxylic acid groups (broad SMARTS) is 1. The van der Waals surface area contributed by atoms with Crippen LogP contribution in [-0.4, -0.2) is 47.4 Å². The summed E-state index contributed by atoms with van der Waals surface area (Å²) in [4.78, 5) is 34.4.